The number of benzene rings is 2. The number of nitrogens with zero attached hydrogens (tertiary/aromatic N) is 1. The van der Waals surface area contributed by atoms with Gasteiger partial charge in [0.1, 0.15) is 5.75 Å². The summed E-state index contributed by atoms with van der Waals surface area (Å²) in [4.78, 5) is 16.5. The van der Waals surface area contributed by atoms with Gasteiger partial charge in [-0.15, -0.1) is 11.3 Å². The molecule has 0 saturated heterocycles. The Labute approximate surface area is 162 Å². The Hall–Kier alpha value is -1.89. The van der Waals surface area contributed by atoms with E-state index in [9.17, 15) is 4.79 Å². The molecule has 0 spiro atoms. The minimum absolute atomic E-state index is 0.0858. The van der Waals surface area contributed by atoms with E-state index in [1.165, 1.54) is 11.3 Å². The molecule has 1 aromatic heterocycles. The summed E-state index contributed by atoms with van der Waals surface area (Å²) in [5.41, 5.74) is 2.85. The van der Waals surface area contributed by atoms with Gasteiger partial charge in [0.25, 0.3) is 5.91 Å². The Bertz CT molecular complexity index is 896. The molecule has 7 heteroatoms. The van der Waals surface area contributed by atoms with Crippen LogP contribution in [0.4, 0.5) is 5.13 Å². The third kappa shape index (κ3) is 4.81. The zero-order valence-corrected chi connectivity index (χ0v) is 16.4. The number of carbonyl (C=O) groups excluding carboxylic acids is 1. The summed E-state index contributed by atoms with van der Waals surface area (Å²) in [6, 6.07) is 13.1. The highest BCUT2D eigenvalue weighted by atomic mass is 79.9. The van der Waals surface area contributed by atoms with Crippen molar-refractivity contribution in [3.8, 4) is 17.0 Å². The molecule has 3 rings (SSSR count). The normalized spacial score (nSPS) is 10.5. The van der Waals surface area contributed by atoms with Crippen molar-refractivity contribution in [2.45, 2.75) is 6.92 Å². The molecular weight excluding hydrogens is 424 g/mol. The first-order chi connectivity index (χ1) is 12.0. The lowest BCUT2D eigenvalue weighted by Crippen LogP contribution is -2.20. The van der Waals surface area contributed by atoms with Gasteiger partial charge in [0.2, 0.25) is 0 Å². The molecule has 1 amide bonds. The van der Waals surface area contributed by atoms with E-state index >= 15 is 0 Å². The Morgan fingerprint density at radius 1 is 1.28 bits per heavy atom. The van der Waals surface area contributed by atoms with Gasteiger partial charge in [0, 0.05) is 16.0 Å². The van der Waals surface area contributed by atoms with Crippen LogP contribution < -0.4 is 10.1 Å². The van der Waals surface area contributed by atoms with Crippen LogP contribution in [0.2, 0.25) is 5.02 Å². The minimum atomic E-state index is -0.260. The molecule has 1 N–H and O–H groups in total. The average molecular weight is 438 g/mol. The van der Waals surface area contributed by atoms with Crippen molar-refractivity contribution in [1.29, 1.82) is 0 Å². The summed E-state index contributed by atoms with van der Waals surface area (Å²) in [5.74, 6) is 0.367. The highest BCUT2D eigenvalue weighted by Crippen LogP contribution is 2.27. The molecule has 1 heterocycles. The maximum atomic E-state index is 12.1. The minimum Gasteiger partial charge on any atom is -0.483 e. The van der Waals surface area contributed by atoms with Gasteiger partial charge < -0.3 is 4.74 Å². The Morgan fingerprint density at radius 3 is 2.76 bits per heavy atom. The van der Waals surface area contributed by atoms with Gasteiger partial charge in [-0.1, -0.05) is 29.8 Å². The third-order valence-electron chi connectivity index (χ3n) is 3.34. The number of nitrogens with one attached hydrogen (secondary N) is 1. The molecule has 0 aliphatic carbocycles. The van der Waals surface area contributed by atoms with E-state index in [0.717, 1.165) is 21.3 Å². The summed E-state index contributed by atoms with van der Waals surface area (Å²) in [7, 11) is 0. The van der Waals surface area contributed by atoms with E-state index in [2.05, 4.69) is 26.2 Å². The van der Waals surface area contributed by atoms with Crippen molar-refractivity contribution >= 4 is 49.9 Å². The molecule has 0 radical (unpaired) electrons. The van der Waals surface area contributed by atoms with Crippen molar-refractivity contribution in [3.63, 3.8) is 0 Å². The maximum absolute atomic E-state index is 12.1. The molecular formula is C18H14BrClN2O2S. The average Bonchev–Trinajstić information content (AvgIpc) is 3.03. The smallest absolute Gasteiger partial charge is 0.264 e. The Balaban J connectivity index is 1.59. The molecule has 0 aliphatic rings. The van der Waals surface area contributed by atoms with E-state index in [1.54, 1.807) is 0 Å². The van der Waals surface area contributed by atoms with Gasteiger partial charge >= 0.3 is 0 Å². The number of aryl methyl sites for hydroxylation is 1. The third-order valence-corrected chi connectivity index (χ3v) is 4.97. The number of amides is 1. The fraction of sp³-hybridized carbons (Fsp3) is 0.111. The first kappa shape index (κ1) is 17.9. The summed E-state index contributed by atoms with van der Waals surface area (Å²) in [6.45, 7) is 1.90. The highest BCUT2D eigenvalue weighted by Gasteiger charge is 2.10. The maximum Gasteiger partial charge on any atom is 0.264 e. The van der Waals surface area contributed by atoms with Crippen molar-refractivity contribution in [2.24, 2.45) is 0 Å². The second kappa shape index (κ2) is 7.99. The van der Waals surface area contributed by atoms with Gasteiger partial charge in [0.05, 0.1) is 10.2 Å². The molecule has 0 bridgehead atoms. The molecule has 0 fully saturated rings. The van der Waals surface area contributed by atoms with E-state index < -0.39 is 0 Å². The Morgan fingerprint density at radius 2 is 2.04 bits per heavy atom. The van der Waals surface area contributed by atoms with Crippen molar-refractivity contribution < 1.29 is 9.53 Å². The molecule has 128 valence electrons. The van der Waals surface area contributed by atoms with Crippen LogP contribution in [-0.4, -0.2) is 17.5 Å². The summed E-state index contributed by atoms with van der Waals surface area (Å²) < 4.78 is 6.35. The molecule has 0 saturated carbocycles. The monoisotopic (exact) mass is 436 g/mol. The van der Waals surface area contributed by atoms with Crippen LogP contribution in [0, 0.1) is 6.92 Å². The van der Waals surface area contributed by atoms with Crippen LogP contribution in [0.25, 0.3) is 11.3 Å². The second-order valence-electron chi connectivity index (χ2n) is 5.32. The molecule has 25 heavy (non-hydrogen) atoms. The predicted molar refractivity (Wildman–Crippen MR) is 106 cm³/mol. The van der Waals surface area contributed by atoms with Crippen LogP contribution >= 0.6 is 38.9 Å². The molecule has 2 aromatic carbocycles. The highest BCUT2D eigenvalue weighted by molar-refractivity contribution is 9.10. The van der Waals surface area contributed by atoms with E-state index in [-0.39, 0.29) is 12.5 Å². The van der Waals surface area contributed by atoms with Gasteiger partial charge in [0.15, 0.2) is 11.7 Å². The van der Waals surface area contributed by atoms with Gasteiger partial charge in [-0.2, -0.15) is 0 Å². The number of thiazole rings is 1. The molecule has 0 atom stereocenters. The van der Waals surface area contributed by atoms with E-state index in [4.69, 9.17) is 16.3 Å². The number of hydrogen-bond acceptors (Lipinski definition) is 4. The van der Waals surface area contributed by atoms with Gasteiger partial charge in [-0.3, -0.25) is 10.1 Å². The standard InChI is InChI=1S/C18H14BrClN2O2S/c1-11-2-7-16(14(19)8-11)24-9-17(23)22-18-21-15(10-25-18)12-3-5-13(20)6-4-12/h2-8,10H,9H2,1H3,(H,21,22,23). The summed E-state index contributed by atoms with van der Waals surface area (Å²) in [5, 5.41) is 5.83. The van der Waals surface area contributed by atoms with Crippen molar-refractivity contribution in [3.05, 3.63) is 62.9 Å². The number of hydrogen-bond donors (Lipinski definition) is 1. The molecule has 3 aromatic rings. The first-order valence-electron chi connectivity index (χ1n) is 7.41. The quantitative estimate of drug-likeness (QED) is 0.569. The number of aromatic nitrogens is 1. The Kier molecular flexibility index (Phi) is 5.73. The lowest BCUT2D eigenvalue weighted by atomic mass is 10.2. The van der Waals surface area contributed by atoms with Crippen LogP contribution in [0.15, 0.2) is 52.3 Å². The van der Waals surface area contributed by atoms with Crippen molar-refractivity contribution in [2.75, 3.05) is 11.9 Å². The first-order valence-corrected chi connectivity index (χ1v) is 9.46. The fourth-order valence-electron chi connectivity index (χ4n) is 2.11. The summed E-state index contributed by atoms with van der Waals surface area (Å²) >= 11 is 10.7. The lowest BCUT2D eigenvalue weighted by Gasteiger charge is -2.08. The zero-order chi connectivity index (χ0) is 17.8. The molecule has 0 unspecified atom stereocenters. The van der Waals surface area contributed by atoms with Crippen LogP contribution in [0.3, 0.4) is 0 Å². The largest absolute Gasteiger partial charge is 0.483 e. The van der Waals surface area contributed by atoms with Gasteiger partial charge in [-0.25, -0.2) is 4.98 Å². The molecule has 4 nitrogen and oxygen atoms in total. The second-order valence-corrected chi connectivity index (χ2v) is 7.46. The number of carbonyl (C=O) groups is 1. The van der Waals surface area contributed by atoms with Crippen molar-refractivity contribution in [1.82, 2.24) is 4.98 Å². The van der Waals surface area contributed by atoms with E-state index in [0.29, 0.717) is 15.9 Å². The number of anilines is 1. The summed E-state index contributed by atoms with van der Waals surface area (Å²) in [6.07, 6.45) is 0. The SMILES string of the molecule is Cc1ccc(OCC(=O)Nc2nc(-c3ccc(Cl)cc3)cs2)c(Br)c1. The fourth-order valence-corrected chi connectivity index (χ4v) is 3.58. The number of ether oxygens (including phenoxy) is 1. The number of halogens is 2. The topological polar surface area (TPSA) is 51.2 Å². The van der Waals surface area contributed by atoms with Crippen LogP contribution in [-0.2, 0) is 4.79 Å². The van der Waals surface area contributed by atoms with Gasteiger partial charge in [-0.05, 0) is 52.7 Å². The van der Waals surface area contributed by atoms with Crippen LogP contribution in [0.5, 0.6) is 5.75 Å². The lowest BCUT2D eigenvalue weighted by molar-refractivity contribution is -0.118. The van der Waals surface area contributed by atoms with E-state index in [1.807, 2.05) is 54.8 Å². The predicted octanol–water partition coefficient (Wildman–Crippen LogP) is 5.55. The van der Waals surface area contributed by atoms with Crippen LogP contribution in [0.1, 0.15) is 5.56 Å². The number of rotatable bonds is 5. The molecule has 0 aliphatic heterocycles. The zero-order valence-electron chi connectivity index (χ0n) is 13.3.